The Morgan fingerprint density at radius 2 is 1.73 bits per heavy atom. The fourth-order valence-corrected chi connectivity index (χ4v) is 2.53. The number of benzene rings is 1. The predicted octanol–water partition coefficient (Wildman–Crippen LogP) is 3.93. The molecule has 0 aliphatic carbocycles. The zero-order valence-electron chi connectivity index (χ0n) is 12.1. The van der Waals surface area contributed by atoms with Crippen LogP contribution in [0.1, 0.15) is 25.7 Å². The quantitative estimate of drug-likeness (QED) is 0.861. The summed E-state index contributed by atoms with van der Waals surface area (Å²) in [5.74, 6) is -0.427. The van der Waals surface area contributed by atoms with Crippen LogP contribution < -0.4 is 9.64 Å². The molecule has 0 spiro atoms. The van der Waals surface area contributed by atoms with Crippen molar-refractivity contribution in [2.45, 2.75) is 25.7 Å². The van der Waals surface area contributed by atoms with Crippen LogP contribution in [0.15, 0.2) is 30.6 Å². The first-order valence-corrected chi connectivity index (χ1v) is 7.42. The smallest absolute Gasteiger partial charge is 0.224 e. The summed E-state index contributed by atoms with van der Waals surface area (Å²) in [7, 11) is 0. The molecular weight excluding hydrogens is 288 g/mol. The zero-order valence-corrected chi connectivity index (χ0v) is 12.1. The van der Waals surface area contributed by atoms with Crippen LogP contribution in [0.5, 0.6) is 11.6 Å². The maximum atomic E-state index is 13.6. The Morgan fingerprint density at radius 1 is 0.955 bits per heavy atom. The topological polar surface area (TPSA) is 38.2 Å². The lowest BCUT2D eigenvalue weighted by Crippen LogP contribution is -2.24. The third-order valence-corrected chi connectivity index (χ3v) is 3.67. The average Bonchev–Trinajstić information content (AvgIpc) is 2.80. The van der Waals surface area contributed by atoms with Crippen LogP contribution in [0.3, 0.4) is 0 Å². The van der Waals surface area contributed by atoms with Gasteiger partial charge in [-0.05, 0) is 25.0 Å². The van der Waals surface area contributed by atoms with Crippen molar-refractivity contribution in [1.29, 1.82) is 0 Å². The van der Waals surface area contributed by atoms with Crippen molar-refractivity contribution in [3.63, 3.8) is 0 Å². The molecule has 0 atom stereocenters. The fraction of sp³-hybridized carbons (Fsp3) is 0.375. The highest BCUT2D eigenvalue weighted by atomic mass is 19.1. The Bertz CT molecular complexity index is 643. The van der Waals surface area contributed by atoms with E-state index in [2.05, 4.69) is 14.9 Å². The summed E-state index contributed by atoms with van der Waals surface area (Å²) < 4.78 is 31.9. The van der Waals surface area contributed by atoms with Gasteiger partial charge in [0.15, 0.2) is 11.6 Å². The third kappa shape index (κ3) is 3.50. The highest BCUT2D eigenvalue weighted by molar-refractivity contribution is 5.42. The summed E-state index contributed by atoms with van der Waals surface area (Å²) in [6.07, 6.45) is 6.12. The first-order chi connectivity index (χ1) is 10.7. The van der Waals surface area contributed by atoms with Gasteiger partial charge in [0.25, 0.3) is 0 Å². The number of nitrogens with zero attached hydrogens (tertiary/aromatic N) is 3. The van der Waals surface area contributed by atoms with E-state index < -0.39 is 11.6 Å². The minimum Gasteiger partial charge on any atom is -0.436 e. The molecule has 4 nitrogen and oxygen atoms in total. The molecule has 0 radical (unpaired) electrons. The Hall–Kier alpha value is -2.24. The van der Waals surface area contributed by atoms with Gasteiger partial charge >= 0.3 is 0 Å². The number of hydrogen-bond donors (Lipinski definition) is 0. The van der Waals surface area contributed by atoms with Crippen LogP contribution in [0.4, 0.5) is 14.6 Å². The molecule has 0 bridgehead atoms. The molecule has 0 N–H and O–H groups in total. The molecule has 2 aromatic rings. The van der Waals surface area contributed by atoms with Gasteiger partial charge in [-0.2, -0.15) is 0 Å². The lowest BCUT2D eigenvalue weighted by molar-refractivity contribution is 0.422. The second kappa shape index (κ2) is 6.68. The highest BCUT2D eigenvalue weighted by Gasteiger charge is 2.13. The van der Waals surface area contributed by atoms with E-state index in [4.69, 9.17) is 4.74 Å². The van der Waals surface area contributed by atoms with Gasteiger partial charge in [-0.15, -0.1) is 0 Å². The van der Waals surface area contributed by atoms with Gasteiger partial charge in [0.2, 0.25) is 5.88 Å². The van der Waals surface area contributed by atoms with Gasteiger partial charge < -0.3 is 9.64 Å². The molecule has 1 aliphatic rings. The van der Waals surface area contributed by atoms with Gasteiger partial charge in [0.05, 0.1) is 0 Å². The molecule has 116 valence electrons. The van der Waals surface area contributed by atoms with E-state index in [-0.39, 0.29) is 11.6 Å². The average molecular weight is 305 g/mol. The van der Waals surface area contributed by atoms with Crippen LogP contribution in [0.2, 0.25) is 0 Å². The fourth-order valence-electron chi connectivity index (χ4n) is 2.53. The van der Waals surface area contributed by atoms with E-state index in [9.17, 15) is 8.78 Å². The molecule has 2 heterocycles. The van der Waals surface area contributed by atoms with Crippen LogP contribution in [0.25, 0.3) is 0 Å². The summed E-state index contributed by atoms with van der Waals surface area (Å²) >= 11 is 0. The van der Waals surface area contributed by atoms with Crippen molar-refractivity contribution in [3.8, 4) is 11.6 Å². The molecule has 22 heavy (non-hydrogen) atoms. The summed E-state index contributed by atoms with van der Waals surface area (Å²) in [5, 5.41) is 0. The standard InChI is InChI=1S/C16H17F2N3O/c17-12-5-6-14(13(18)9-12)22-16-10-15(19-11-20-16)21-7-3-1-2-4-8-21/h5-6,9-11H,1-4,7-8H2. The highest BCUT2D eigenvalue weighted by Crippen LogP contribution is 2.26. The maximum absolute atomic E-state index is 13.6. The van der Waals surface area contributed by atoms with Crippen molar-refractivity contribution >= 4 is 5.82 Å². The summed E-state index contributed by atoms with van der Waals surface area (Å²) in [6.45, 7) is 1.89. The molecule has 0 saturated carbocycles. The van der Waals surface area contributed by atoms with E-state index in [1.165, 1.54) is 25.2 Å². The number of rotatable bonds is 3. The molecule has 1 aliphatic heterocycles. The van der Waals surface area contributed by atoms with E-state index in [0.717, 1.165) is 43.9 Å². The van der Waals surface area contributed by atoms with Crippen LogP contribution in [0, 0.1) is 11.6 Å². The first kappa shape index (κ1) is 14.7. The Kier molecular flexibility index (Phi) is 4.46. The van der Waals surface area contributed by atoms with Crippen LogP contribution in [-0.2, 0) is 0 Å². The first-order valence-electron chi connectivity index (χ1n) is 7.42. The van der Waals surface area contributed by atoms with E-state index in [0.29, 0.717) is 0 Å². The SMILES string of the molecule is Fc1ccc(Oc2cc(N3CCCCCC3)ncn2)c(F)c1. The Morgan fingerprint density at radius 3 is 2.45 bits per heavy atom. The number of ether oxygens (including phenoxy) is 1. The van der Waals surface area contributed by atoms with Gasteiger partial charge in [0.1, 0.15) is 18.0 Å². The summed E-state index contributed by atoms with van der Waals surface area (Å²) in [6, 6.07) is 4.87. The molecule has 1 aromatic carbocycles. The Labute approximate surface area is 127 Å². The molecule has 0 unspecified atom stereocenters. The number of halogens is 2. The monoisotopic (exact) mass is 305 g/mol. The zero-order chi connectivity index (χ0) is 15.4. The lowest BCUT2D eigenvalue weighted by Gasteiger charge is -2.21. The largest absolute Gasteiger partial charge is 0.436 e. The summed E-state index contributed by atoms with van der Waals surface area (Å²) in [4.78, 5) is 10.4. The van der Waals surface area contributed by atoms with Crippen molar-refractivity contribution in [3.05, 3.63) is 42.2 Å². The number of anilines is 1. The number of aromatic nitrogens is 2. The normalized spacial score (nSPS) is 15.5. The van der Waals surface area contributed by atoms with Gasteiger partial charge in [-0.1, -0.05) is 12.8 Å². The predicted molar refractivity (Wildman–Crippen MR) is 79.1 cm³/mol. The lowest BCUT2D eigenvalue weighted by atomic mass is 10.2. The van der Waals surface area contributed by atoms with Gasteiger partial charge in [-0.3, -0.25) is 0 Å². The second-order valence-electron chi connectivity index (χ2n) is 5.29. The minimum absolute atomic E-state index is 0.0538. The van der Waals surface area contributed by atoms with E-state index in [1.807, 2.05) is 0 Å². The summed E-state index contributed by atoms with van der Waals surface area (Å²) in [5.41, 5.74) is 0. The van der Waals surface area contributed by atoms with Crippen LogP contribution >= 0.6 is 0 Å². The molecule has 1 saturated heterocycles. The van der Waals surface area contributed by atoms with Crippen molar-refractivity contribution < 1.29 is 13.5 Å². The van der Waals surface area contributed by atoms with Gasteiger partial charge in [0, 0.05) is 25.2 Å². The van der Waals surface area contributed by atoms with E-state index in [1.54, 1.807) is 6.07 Å². The third-order valence-electron chi connectivity index (χ3n) is 3.67. The van der Waals surface area contributed by atoms with Crippen molar-refractivity contribution in [1.82, 2.24) is 9.97 Å². The minimum atomic E-state index is -0.755. The van der Waals surface area contributed by atoms with Crippen molar-refractivity contribution in [2.24, 2.45) is 0 Å². The molecule has 6 heteroatoms. The van der Waals surface area contributed by atoms with E-state index >= 15 is 0 Å². The number of hydrogen-bond acceptors (Lipinski definition) is 4. The molecule has 3 rings (SSSR count). The molecule has 1 aromatic heterocycles. The maximum Gasteiger partial charge on any atom is 0.224 e. The van der Waals surface area contributed by atoms with Gasteiger partial charge in [-0.25, -0.2) is 18.7 Å². The molecular formula is C16H17F2N3O. The van der Waals surface area contributed by atoms with Crippen LogP contribution in [-0.4, -0.2) is 23.1 Å². The molecule has 0 amide bonds. The second-order valence-corrected chi connectivity index (χ2v) is 5.29. The Balaban J connectivity index is 1.78. The van der Waals surface area contributed by atoms with Crippen molar-refractivity contribution in [2.75, 3.05) is 18.0 Å². The molecule has 1 fully saturated rings.